The number of para-hydroxylation sites is 1. The van der Waals surface area contributed by atoms with Crippen LogP contribution >= 0.6 is 0 Å². The van der Waals surface area contributed by atoms with E-state index in [2.05, 4.69) is 0 Å². The van der Waals surface area contributed by atoms with E-state index in [0.717, 1.165) is 4.57 Å². The molecule has 176 valence electrons. The summed E-state index contributed by atoms with van der Waals surface area (Å²) in [5.74, 6) is -0.514. The van der Waals surface area contributed by atoms with Crippen LogP contribution in [-0.4, -0.2) is 30.6 Å². The van der Waals surface area contributed by atoms with E-state index in [1.54, 1.807) is 49.4 Å². The summed E-state index contributed by atoms with van der Waals surface area (Å²) < 4.78 is 9.71. The van der Waals surface area contributed by atoms with Crippen molar-refractivity contribution in [2.75, 3.05) is 0 Å². The van der Waals surface area contributed by atoms with Gasteiger partial charge in [0, 0.05) is 23.1 Å². The van der Waals surface area contributed by atoms with Crippen molar-refractivity contribution in [3.8, 4) is 5.69 Å². The van der Waals surface area contributed by atoms with Gasteiger partial charge < -0.3 is 9.52 Å². The monoisotopic (exact) mass is 471 g/mol. The number of aromatic nitrogens is 3. The summed E-state index contributed by atoms with van der Waals surface area (Å²) in [5.41, 5.74) is 1.16. The molecule has 2 aromatic heterocycles. The lowest BCUT2D eigenvalue weighted by Gasteiger charge is -2.38. The SMILES string of the molecule is CC1=CC(=O)C2=C(C1=O)C(c1ccc(CO)o1)C1=CCn3c(=O)n(-c4ccccc4)c(=O)n3C1C2. The average Bonchev–Trinajstić information content (AvgIpc) is 3.44. The third-order valence-corrected chi connectivity index (χ3v) is 6.97. The lowest BCUT2D eigenvalue weighted by molar-refractivity contribution is -0.116. The van der Waals surface area contributed by atoms with E-state index in [0.29, 0.717) is 39.5 Å². The number of carbonyl (C=O) groups excluding carboxylic acids is 2. The minimum Gasteiger partial charge on any atom is -0.463 e. The Morgan fingerprint density at radius 1 is 1.03 bits per heavy atom. The maximum absolute atomic E-state index is 13.6. The molecule has 1 aliphatic heterocycles. The van der Waals surface area contributed by atoms with Crippen molar-refractivity contribution in [3.05, 3.63) is 109 Å². The number of furan rings is 1. The molecule has 2 unspecified atom stereocenters. The highest BCUT2D eigenvalue weighted by molar-refractivity contribution is 6.23. The Hall–Kier alpha value is -4.24. The molecular formula is C26H21N3O6. The molecule has 2 aliphatic carbocycles. The number of hydrogen-bond acceptors (Lipinski definition) is 6. The second kappa shape index (κ2) is 7.64. The smallest absolute Gasteiger partial charge is 0.352 e. The predicted octanol–water partition coefficient (Wildman–Crippen LogP) is 1.95. The number of nitrogens with zero attached hydrogens (tertiary/aromatic N) is 3. The van der Waals surface area contributed by atoms with Gasteiger partial charge in [0.15, 0.2) is 11.6 Å². The van der Waals surface area contributed by atoms with Crippen molar-refractivity contribution < 1.29 is 19.1 Å². The van der Waals surface area contributed by atoms with Crippen molar-refractivity contribution in [1.29, 1.82) is 0 Å². The van der Waals surface area contributed by atoms with Gasteiger partial charge in [0.25, 0.3) is 0 Å². The van der Waals surface area contributed by atoms with Gasteiger partial charge in [-0.05, 0) is 42.8 Å². The molecule has 6 rings (SSSR count). The fourth-order valence-electron chi connectivity index (χ4n) is 5.39. The molecule has 1 N–H and O–H groups in total. The second-order valence-electron chi connectivity index (χ2n) is 8.89. The number of aliphatic hydroxyl groups excluding tert-OH is 1. The van der Waals surface area contributed by atoms with Gasteiger partial charge in [0.05, 0.1) is 24.2 Å². The molecule has 0 spiro atoms. The molecule has 9 heteroatoms. The number of Topliss-reactive ketones (excluding diaryl/α,β-unsaturated/α-hetero) is 1. The third-order valence-electron chi connectivity index (χ3n) is 6.97. The van der Waals surface area contributed by atoms with Gasteiger partial charge in [-0.25, -0.2) is 23.5 Å². The standard InChI is InChI=1S/C26H21N3O6/c1-14-11-20(31)18-12-19-17(22(23(18)24(14)32)21-8-7-16(13-30)35-21)9-10-27-25(33)28(26(34)29(19)27)15-5-3-2-4-6-15/h2-9,11,19,22,30H,10,12-13H2,1H3. The van der Waals surface area contributed by atoms with Crippen LogP contribution in [0.5, 0.6) is 0 Å². The average molecular weight is 471 g/mol. The topological polar surface area (TPSA) is 116 Å². The van der Waals surface area contributed by atoms with Crippen molar-refractivity contribution >= 4 is 11.6 Å². The molecular weight excluding hydrogens is 450 g/mol. The van der Waals surface area contributed by atoms with Crippen LogP contribution < -0.4 is 11.4 Å². The number of carbonyl (C=O) groups is 2. The zero-order valence-electron chi connectivity index (χ0n) is 18.8. The summed E-state index contributed by atoms with van der Waals surface area (Å²) in [4.78, 5) is 53.1. The molecule has 35 heavy (non-hydrogen) atoms. The largest absolute Gasteiger partial charge is 0.463 e. The number of rotatable bonds is 3. The number of benzene rings is 1. The summed E-state index contributed by atoms with van der Waals surface area (Å²) >= 11 is 0. The van der Waals surface area contributed by atoms with Gasteiger partial charge in [-0.1, -0.05) is 24.3 Å². The molecule has 0 amide bonds. The van der Waals surface area contributed by atoms with E-state index < -0.39 is 23.3 Å². The van der Waals surface area contributed by atoms with E-state index in [4.69, 9.17) is 4.42 Å². The third kappa shape index (κ3) is 2.98. The summed E-state index contributed by atoms with van der Waals surface area (Å²) in [6.07, 6.45) is 3.27. The quantitative estimate of drug-likeness (QED) is 0.461. The van der Waals surface area contributed by atoms with Gasteiger partial charge in [0.2, 0.25) is 0 Å². The van der Waals surface area contributed by atoms with Crippen molar-refractivity contribution in [2.24, 2.45) is 0 Å². The molecule has 1 aromatic carbocycles. The Labute approximate surface area is 198 Å². The molecule has 3 aliphatic rings. The van der Waals surface area contributed by atoms with Crippen LogP contribution in [0.25, 0.3) is 5.69 Å². The Morgan fingerprint density at radius 2 is 1.80 bits per heavy atom. The highest BCUT2D eigenvalue weighted by atomic mass is 16.4. The normalized spacial score (nSPS) is 21.3. The number of aliphatic hydroxyl groups is 1. The molecule has 0 saturated heterocycles. The first-order valence-electron chi connectivity index (χ1n) is 11.3. The maximum Gasteiger partial charge on any atom is 0.352 e. The second-order valence-corrected chi connectivity index (χ2v) is 8.89. The van der Waals surface area contributed by atoms with Crippen LogP contribution in [-0.2, 0) is 22.7 Å². The maximum atomic E-state index is 13.6. The van der Waals surface area contributed by atoms with Crippen LogP contribution in [0.15, 0.2) is 90.9 Å². The number of allylic oxidation sites excluding steroid dienone is 6. The van der Waals surface area contributed by atoms with E-state index in [-0.39, 0.29) is 31.1 Å². The fraction of sp³-hybridized carbons (Fsp3) is 0.231. The molecule has 0 saturated carbocycles. The summed E-state index contributed by atoms with van der Waals surface area (Å²) in [5, 5.41) is 9.52. The zero-order chi connectivity index (χ0) is 24.4. The molecule has 0 bridgehead atoms. The van der Waals surface area contributed by atoms with Crippen LogP contribution in [0.1, 0.15) is 36.8 Å². The minimum absolute atomic E-state index is 0.109. The lowest BCUT2D eigenvalue weighted by atomic mass is 9.69. The number of ketones is 2. The van der Waals surface area contributed by atoms with Gasteiger partial charge in [-0.2, -0.15) is 0 Å². The van der Waals surface area contributed by atoms with Crippen LogP contribution in [0, 0.1) is 0 Å². The van der Waals surface area contributed by atoms with Crippen LogP contribution in [0.3, 0.4) is 0 Å². The first-order chi connectivity index (χ1) is 16.9. The minimum atomic E-state index is -0.708. The Kier molecular flexibility index (Phi) is 4.65. The van der Waals surface area contributed by atoms with Crippen LogP contribution in [0.4, 0.5) is 0 Å². The molecule has 3 aromatic rings. The van der Waals surface area contributed by atoms with Crippen molar-refractivity contribution in [3.63, 3.8) is 0 Å². The van der Waals surface area contributed by atoms with E-state index in [1.807, 2.05) is 6.08 Å². The summed E-state index contributed by atoms with van der Waals surface area (Å²) in [6.45, 7) is 1.42. The van der Waals surface area contributed by atoms with Gasteiger partial charge in [-0.15, -0.1) is 0 Å². The van der Waals surface area contributed by atoms with Crippen molar-refractivity contribution in [2.45, 2.75) is 38.5 Å². The zero-order valence-corrected chi connectivity index (χ0v) is 18.8. The molecule has 9 nitrogen and oxygen atoms in total. The molecule has 0 radical (unpaired) electrons. The first kappa shape index (κ1) is 21.3. The number of hydrogen-bond donors (Lipinski definition) is 1. The first-order valence-corrected chi connectivity index (χ1v) is 11.3. The lowest BCUT2D eigenvalue weighted by Crippen LogP contribution is -2.40. The predicted molar refractivity (Wildman–Crippen MR) is 124 cm³/mol. The summed E-state index contributed by atoms with van der Waals surface area (Å²) in [6, 6.07) is 11.3. The Bertz CT molecular complexity index is 1620. The number of fused-ring (bicyclic) bond motifs is 3. The van der Waals surface area contributed by atoms with Crippen molar-refractivity contribution in [1.82, 2.24) is 13.9 Å². The molecule has 2 atom stereocenters. The summed E-state index contributed by atoms with van der Waals surface area (Å²) in [7, 11) is 0. The van der Waals surface area contributed by atoms with Gasteiger partial charge in [0.1, 0.15) is 18.1 Å². The van der Waals surface area contributed by atoms with E-state index in [9.17, 15) is 24.3 Å². The highest BCUT2D eigenvalue weighted by Gasteiger charge is 2.46. The van der Waals surface area contributed by atoms with E-state index >= 15 is 0 Å². The fourth-order valence-corrected chi connectivity index (χ4v) is 5.39. The van der Waals surface area contributed by atoms with E-state index in [1.165, 1.54) is 15.4 Å². The Morgan fingerprint density at radius 3 is 2.51 bits per heavy atom. The Balaban J connectivity index is 1.58. The van der Waals surface area contributed by atoms with Gasteiger partial charge in [-0.3, -0.25) is 9.59 Å². The highest BCUT2D eigenvalue weighted by Crippen LogP contribution is 2.49. The van der Waals surface area contributed by atoms with Gasteiger partial charge >= 0.3 is 11.4 Å². The van der Waals surface area contributed by atoms with Crippen LogP contribution in [0.2, 0.25) is 0 Å². The molecule has 3 heterocycles. The molecule has 0 fully saturated rings.